The first-order valence-corrected chi connectivity index (χ1v) is 16.5. The van der Waals surface area contributed by atoms with Gasteiger partial charge in [-0.15, -0.1) is 0 Å². The maximum absolute atomic E-state index is 16.5. The Kier molecular flexibility index (Phi) is 7.29. The Labute approximate surface area is 288 Å². The summed E-state index contributed by atoms with van der Waals surface area (Å²) in [6.45, 7) is 0. The second kappa shape index (κ2) is 12.4. The fourth-order valence-electron chi connectivity index (χ4n) is 6.81. The summed E-state index contributed by atoms with van der Waals surface area (Å²) >= 11 is 0. The molecule has 4 heterocycles. The zero-order valence-electron chi connectivity index (χ0n) is 26.9. The zero-order chi connectivity index (χ0) is 33.4. The van der Waals surface area contributed by atoms with Crippen LogP contribution < -0.4 is 0 Å². The lowest BCUT2D eigenvalue weighted by Gasteiger charge is -2.14. The van der Waals surface area contributed by atoms with Gasteiger partial charge in [-0.05, 0) is 106 Å². The molecule has 0 fully saturated rings. The molecule has 0 aliphatic heterocycles. The van der Waals surface area contributed by atoms with Crippen molar-refractivity contribution in [3.8, 4) is 61.7 Å². The van der Waals surface area contributed by atoms with Gasteiger partial charge in [0.15, 0.2) is 0 Å². The van der Waals surface area contributed by atoms with Crippen molar-refractivity contribution in [3.63, 3.8) is 0 Å². The number of fused-ring (bicyclic) bond motifs is 3. The third-order valence-electron chi connectivity index (χ3n) is 9.19. The molecule has 5 heteroatoms. The van der Waals surface area contributed by atoms with Gasteiger partial charge in [0.2, 0.25) is 0 Å². The van der Waals surface area contributed by atoms with E-state index in [-0.39, 0.29) is 5.82 Å². The van der Waals surface area contributed by atoms with Gasteiger partial charge in [0.05, 0.1) is 28.1 Å². The molecule has 0 aliphatic carbocycles. The molecular weight excluding hydrogens is 616 g/mol. The number of hydrogen-bond acceptors (Lipinski definition) is 3. The summed E-state index contributed by atoms with van der Waals surface area (Å²) < 4.78 is 18.6. The monoisotopic (exact) mass is 644 g/mol. The lowest BCUT2D eigenvalue weighted by molar-refractivity contribution is 0.630. The highest BCUT2D eigenvalue weighted by atomic mass is 19.1. The Morgan fingerprint density at radius 1 is 0.440 bits per heavy atom. The van der Waals surface area contributed by atoms with Crippen molar-refractivity contribution in [2.45, 2.75) is 0 Å². The molecule has 0 saturated heterocycles. The largest absolute Gasteiger partial charge is 0.309 e. The van der Waals surface area contributed by atoms with Crippen LogP contribution in [0.1, 0.15) is 0 Å². The van der Waals surface area contributed by atoms with E-state index in [1.165, 1.54) is 0 Å². The number of benzene rings is 5. The first-order chi connectivity index (χ1) is 24.7. The first-order valence-electron chi connectivity index (χ1n) is 16.5. The second-order valence-electron chi connectivity index (χ2n) is 12.3. The van der Waals surface area contributed by atoms with E-state index in [0.29, 0.717) is 22.6 Å². The summed E-state index contributed by atoms with van der Waals surface area (Å²) in [5.41, 5.74) is 11.4. The van der Waals surface area contributed by atoms with Crippen molar-refractivity contribution in [1.29, 1.82) is 0 Å². The van der Waals surface area contributed by atoms with Crippen molar-refractivity contribution in [2.24, 2.45) is 0 Å². The van der Waals surface area contributed by atoms with Gasteiger partial charge in [-0.1, -0.05) is 84.9 Å². The molecule has 0 amide bonds. The Balaban J connectivity index is 1.22. The number of nitrogens with zero attached hydrogens (tertiary/aromatic N) is 4. The summed E-state index contributed by atoms with van der Waals surface area (Å²) in [7, 11) is 0. The van der Waals surface area contributed by atoms with Crippen LogP contribution in [0.25, 0.3) is 83.5 Å². The highest BCUT2D eigenvalue weighted by Gasteiger charge is 2.17. The zero-order valence-corrected chi connectivity index (χ0v) is 26.9. The van der Waals surface area contributed by atoms with Crippen LogP contribution in [0.15, 0.2) is 176 Å². The summed E-state index contributed by atoms with van der Waals surface area (Å²) in [5, 5.41) is 2.09. The van der Waals surface area contributed by atoms with Gasteiger partial charge in [0, 0.05) is 40.6 Å². The third kappa shape index (κ3) is 5.31. The normalized spacial score (nSPS) is 11.3. The summed E-state index contributed by atoms with van der Waals surface area (Å²) in [6, 6.07) is 52.6. The molecule has 4 nitrogen and oxygen atoms in total. The SMILES string of the molecule is Fc1cc(-n2c3ccccc3c3cnccc32)ccc1-c1cc(-c2cc(-c3ccccc3)cc(-c3ccccc3)c2)cc(-c2ccccn2)n1. The van der Waals surface area contributed by atoms with Crippen LogP contribution >= 0.6 is 0 Å². The quantitative estimate of drug-likeness (QED) is 0.181. The number of hydrogen-bond donors (Lipinski definition) is 0. The van der Waals surface area contributed by atoms with E-state index in [2.05, 4.69) is 93.4 Å². The number of rotatable bonds is 6. The van der Waals surface area contributed by atoms with Gasteiger partial charge in [-0.25, -0.2) is 9.37 Å². The predicted octanol–water partition coefficient (Wildman–Crippen LogP) is 11.4. The molecule has 9 aromatic rings. The minimum absolute atomic E-state index is 0.359. The Bertz CT molecular complexity index is 2540. The lowest BCUT2D eigenvalue weighted by Crippen LogP contribution is -1.98. The predicted molar refractivity (Wildman–Crippen MR) is 201 cm³/mol. The van der Waals surface area contributed by atoms with Crippen LogP contribution in [0.3, 0.4) is 0 Å². The van der Waals surface area contributed by atoms with E-state index in [9.17, 15) is 0 Å². The molecule has 50 heavy (non-hydrogen) atoms. The van der Waals surface area contributed by atoms with E-state index in [4.69, 9.17) is 4.98 Å². The minimum atomic E-state index is -0.359. The van der Waals surface area contributed by atoms with Crippen molar-refractivity contribution in [2.75, 3.05) is 0 Å². The molecule has 0 bridgehead atoms. The number of para-hydroxylation sites is 1. The van der Waals surface area contributed by atoms with Gasteiger partial charge in [-0.2, -0.15) is 0 Å². The molecule has 9 rings (SSSR count). The second-order valence-corrected chi connectivity index (χ2v) is 12.3. The van der Waals surface area contributed by atoms with Crippen LogP contribution in [0.4, 0.5) is 4.39 Å². The molecule has 4 aromatic heterocycles. The van der Waals surface area contributed by atoms with Crippen LogP contribution in [-0.4, -0.2) is 19.5 Å². The first kappa shape index (κ1) is 29.4. The maximum Gasteiger partial charge on any atom is 0.134 e. The average molecular weight is 645 g/mol. The van der Waals surface area contributed by atoms with Crippen LogP contribution in [-0.2, 0) is 0 Å². The molecule has 5 aromatic carbocycles. The maximum atomic E-state index is 16.5. The van der Waals surface area contributed by atoms with Crippen LogP contribution in [0, 0.1) is 5.82 Å². The van der Waals surface area contributed by atoms with Gasteiger partial charge in [0.1, 0.15) is 5.82 Å². The molecule has 0 spiro atoms. The molecule has 0 unspecified atom stereocenters. The summed E-state index contributed by atoms with van der Waals surface area (Å²) in [6.07, 6.45) is 5.39. The Hall–Kier alpha value is -6.72. The number of aromatic nitrogens is 4. The van der Waals surface area contributed by atoms with Crippen LogP contribution in [0.5, 0.6) is 0 Å². The minimum Gasteiger partial charge on any atom is -0.309 e. The highest BCUT2D eigenvalue weighted by Crippen LogP contribution is 2.37. The van der Waals surface area contributed by atoms with Crippen LogP contribution in [0.2, 0.25) is 0 Å². The Morgan fingerprint density at radius 3 is 1.76 bits per heavy atom. The van der Waals surface area contributed by atoms with Crippen molar-refractivity contribution in [1.82, 2.24) is 19.5 Å². The average Bonchev–Trinajstić information content (AvgIpc) is 3.53. The third-order valence-corrected chi connectivity index (χ3v) is 9.19. The van der Waals surface area contributed by atoms with E-state index >= 15 is 4.39 Å². The lowest BCUT2D eigenvalue weighted by atomic mass is 9.92. The fraction of sp³-hybridized carbons (Fsp3) is 0. The molecule has 0 atom stereocenters. The summed E-state index contributed by atoms with van der Waals surface area (Å²) in [5.74, 6) is -0.359. The van der Waals surface area contributed by atoms with Gasteiger partial charge in [0.25, 0.3) is 0 Å². The molecule has 0 radical (unpaired) electrons. The molecule has 0 aliphatic rings. The highest BCUT2D eigenvalue weighted by molar-refractivity contribution is 6.08. The number of pyridine rings is 3. The van der Waals surface area contributed by atoms with Gasteiger partial charge < -0.3 is 4.57 Å². The molecular formula is C45H29FN4. The van der Waals surface area contributed by atoms with Crippen molar-refractivity contribution >= 4 is 21.8 Å². The molecule has 0 saturated carbocycles. The van der Waals surface area contributed by atoms with Crippen molar-refractivity contribution < 1.29 is 4.39 Å². The summed E-state index contributed by atoms with van der Waals surface area (Å²) in [4.78, 5) is 14.0. The van der Waals surface area contributed by atoms with E-state index in [1.54, 1.807) is 18.5 Å². The van der Waals surface area contributed by atoms with Gasteiger partial charge in [-0.3, -0.25) is 9.97 Å². The topological polar surface area (TPSA) is 43.6 Å². The van der Waals surface area contributed by atoms with Crippen molar-refractivity contribution in [3.05, 3.63) is 182 Å². The molecule has 0 N–H and O–H groups in total. The van der Waals surface area contributed by atoms with Gasteiger partial charge >= 0.3 is 0 Å². The number of halogens is 1. The standard InChI is InChI=1S/C45H29FN4/c46-40-28-36(50-44-17-8-7-15-37(44)39-29-47-22-20-45(39)50)18-19-38(40)42-26-35(27-43(49-42)41-16-9-10-21-48-41)34-24-32(30-11-3-1-4-12-30)23-33(25-34)31-13-5-2-6-14-31/h1-29H. The Morgan fingerprint density at radius 2 is 1.06 bits per heavy atom. The van der Waals surface area contributed by atoms with E-state index in [0.717, 1.165) is 60.9 Å². The smallest absolute Gasteiger partial charge is 0.134 e. The van der Waals surface area contributed by atoms with E-state index < -0.39 is 0 Å². The van der Waals surface area contributed by atoms with E-state index in [1.807, 2.05) is 79.0 Å². The fourth-order valence-corrected chi connectivity index (χ4v) is 6.81. The molecule has 236 valence electrons.